The molecule has 4 aromatic rings. The smallest absolute Gasteiger partial charge is 0.113 e. The van der Waals surface area contributed by atoms with Crippen LogP contribution in [0.3, 0.4) is 0 Å². The van der Waals surface area contributed by atoms with E-state index >= 15 is 0 Å². The normalized spacial score (nSPS) is 17.1. The third-order valence-corrected chi connectivity index (χ3v) is 5.60. The molecule has 1 atom stereocenters. The molecule has 140 valence electrons. The van der Waals surface area contributed by atoms with Crippen LogP contribution in [0.2, 0.25) is 0 Å². The maximum absolute atomic E-state index is 4.73. The average molecular weight is 369 g/mol. The third-order valence-electron chi connectivity index (χ3n) is 5.60. The van der Waals surface area contributed by atoms with Gasteiger partial charge in [-0.05, 0) is 42.7 Å². The Morgan fingerprint density at radius 3 is 2.75 bits per heavy atom. The molecule has 1 fully saturated rings. The molecule has 1 aromatic carbocycles. The lowest BCUT2D eigenvalue weighted by atomic mass is 9.96. The Hall–Kier alpha value is -3.21. The van der Waals surface area contributed by atoms with Crippen molar-refractivity contribution < 1.29 is 0 Å². The van der Waals surface area contributed by atoms with Gasteiger partial charge in [-0.1, -0.05) is 18.2 Å². The predicted octanol–water partition coefficient (Wildman–Crippen LogP) is 4.26. The first kappa shape index (κ1) is 16.9. The molecule has 4 heterocycles. The molecular formula is C23H23N5. The Balaban J connectivity index is 1.42. The highest BCUT2D eigenvalue weighted by Gasteiger charge is 2.25. The average Bonchev–Trinajstić information content (AvgIpc) is 3.22. The van der Waals surface area contributed by atoms with Crippen molar-refractivity contribution in [3.05, 3.63) is 84.8 Å². The van der Waals surface area contributed by atoms with Crippen molar-refractivity contribution in [1.29, 1.82) is 0 Å². The molecule has 28 heavy (non-hydrogen) atoms. The molecule has 0 radical (unpaired) electrons. The van der Waals surface area contributed by atoms with Gasteiger partial charge in [-0.15, -0.1) is 0 Å². The number of fused-ring (bicyclic) bond motifs is 1. The van der Waals surface area contributed by atoms with Crippen LogP contribution in [-0.2, 0) is 6.54 Å². The molecule has 5 rings (SSSR count). The Kier molecular flexibility index (Phi) is 4.49. The van der Waals surface area contributed by atoms with Gasteiger partial charge in [-0.3, -0.25) is 9.97 Å². The van der Waals surface area contributed by atoms with Gasteiger partial charge in [0.2, 0.25) is 0 Å². The molecule has 3 aromatic heterocycles. The second kappa shape index (κ2) is 7.43. The van der Waals surface area contributed by atoms with Crippen molar-refractivity contribution in [2.24, 2.45) is 0 Å². The van der Waals surface area contributed by atoms with Gasteiger partial charge in [0.1, 0.15) is 5.82 Å². The van der Waals surface area contributed by atoms with Crippen LogP contribution in [0, 0.1) is 0 Å². The zero-order valence-corrected chi connectivity index (χ0v) is 15.8. The Bertz CT molecular complexity index is 1070. The number of aromatic nitrogens is 4. The number of piperidine rings is 1. The summed E-state index contributed by atoms with van der Waals surface area (Å²) in [5, 5.41) is 1.23. The first-order chi connectivity index (χ1) is 13.9. The van der Waals surface area contributed by atoms with Crippen molar-refractivity contribution in [3.8, 4) is 0 Å². The van der Waals surface area contributed by atoms with Crippen LogP contribution in [0.5, 0.6) is 0 Å². The van der Waals surface area contributed by atoms with Crippen LogP contribution in [0.15, 0.2) is 73.4 Å². The van der Waals surface area contributed by atoms with Crippen LogP contribution in [0.1, 0.15) is 30.1 Å². The third kappa shape index (κ3) is 3.24. The summed E-state index contributed by atoms with van der Waals surface area (Å²) in [6.45, 7) is 2.91. The number of benzene rings is 1. The van der Waals surface area contributed by atoms with E-state index in [2.05, 4.69) is 62.0 Å². The number of imidazole rings is 1. The Labute approximate surface area is 164 Å². The molecule has 0 N–H and O–H groups in total. The minimum atomic E-state index is 0.428. The lowest BCUT2D eigenvalue weighted by Gasteiger charge is -2.35. The molecule has 5 nitrogen and oxygen atoms in total. The fraction of sp³-hybridized carbons (Fsp3) is 0.261. The van der Waals surface area contributed by atoms with Gasteiger partial charge in [0.25, 0.3) is 0 Å². The maximum atomic E-state index is 4.73. The van der Waals surface area contributed by atoms with Gasteiger partial charge in [0, 0.05) is 67.6 Å². The lowest BCUT2D eigenvalue weighted by molar-refractivity contribution is 0.477. The molecule has 0 bridgehead atoms. The summed E-state index contributed by atoms with van der Waals surface area (Å²) in [4.78, 5) is 15.9. The SMILES string of the molecule is c1ccc2c(N3CCC[C@H](c4nccn4Cc4ccncc4)C3)ccnc2c1. The zero-order chi connectivity index (χ0) is 18.8. The van der Waals surface area contributed by atoms with Gasteiger partial charge in [0.15, 0.2) is 0 Å². The molecule has 0 saturated carbocycles. The molecule has 1 saturated heterocycles. The quantitative estimate of drug-likeness (QED) is 0.539. The Morgan fingerprint density at radius 2 is 1.82 bits per heavy atom. The van der Waals surface area contributed by atoms with Crippen LogP contribution in [0.4, 0.5) is 5.69 Å². The van der Waals surface area contributed by atoms with Crippen molar-refractivity contribution in [2.45, 2.75) is 25.3 Å². The van der Waals surface area contributed by atoms with Gasteiger partial charge in [0.05, 0.1) is 5.52 Å². The number of rotatable bonds is 4. The highest BCUT2D eigenvalue weighted by molar-refractivity contribution is 5.91. The van der Waals surface area contributed by atoms with Crippen LogP contribution in [-0.4, -0.2) is 32.6 Å². The van der Waals surface area contributed by atoms with E-state index in [0.29, 0.717) is 5.92 Å². The van der Waals surface area contributed by atoms with Gasteiger partial charge in [-0.2, -0.15) is 0 Å². The van der Waals surface area contributed by atoms with Crippen molar-refractivity contribution in [2.75, 3.05) is 18.0 Å². The first-order valence-electron chi connectivity index (χ1n) is 9.87. The number of pyridine rings is 2. The van der Waals surface area contributed by atoms with Gasteiger partial charge < -0.3 is 9.47 Å². The molecule has 0 amide bonds. The highest BCUT2D eigenvalue weighted by Crippen LogP contribution is 2.32. The van der Waals surface area contributed by atoms with Crippen molar-refractivity contribution in [1.82, 2.24) is 19.5 Å². The molecule has 1 aliphatic rings. The molecule has 0 spiro atoms. The van der Waals surface area contributed by atoms with E-state index in [1.54, 1.807) is 0 Å². The minimum absolute atomic E-state index is 0.428. The second-order valence-corrected chi connectivity index (χ2v) is 7.40. The summed E-state index contributed by atoms with van der Waals surface area (Å²) < 4.78 is 2.29. The van der Waals surface area contributed by atoms with E-state index < -0.39 is 0 Å². The monoisotopic (exact) mass is 369 g/mol. The summed E-state index contributed by atoms with van der Waals surface area (Å²) in [5.74, 6) is 1.61. The fourth-order valence-corrected chi connectivity index (χ4v) is 4.26. The number of nitrogens with zero attached hydrogens (tertiary/aromatic N) is 5. The molecule has 5 heteroatoms. The number of hydrogen-bond donors (Lipinski definition) is 0. The van der Waals surface area contributed by atoms with E-state index in [-0.39, 0.29) is 0 Å². The first-order valence-corrected chi connectivity index (χ1v) is 9.87. The standard InChI is InChI=1S/C23H23N5/c1-2-6-21-20(5-1)22(9-12-25-21)27-14-3-4-19(17-27)23-26-13-15-28(23)16-18-7-10-24-11-8-18/h1-2,5-13,15,19H,3-4,14,16-17H2/t19-/m0/s1. The van der Waals surface area contributed by atoms with Gasteiger partial charge in [-0.25, -0.2) is 4.98 Å². The lowest BCUT2D eigenvalue weighted by Crippen LogP contribution is -2.35. The maximum Gasteiger partial charge on any atom is 0.113 e. The van der Waals surface area contributed by atoms with E-state index in [9.17, 15) is 0 Å². The molecule has 0 unspecified atom stereocenters. The largest absolute Gasteiger partial charge is 0.370 e. The Morgan fingerprint density at radius 1 is 0.929 bits per heavy atom. The topological polar surface area (TPSA) is 46.8 Å². The van der Waals surface area contributed by atoms with Crippen molar-refractivity contribution in [3.63, 3.8) is 0 Å². The fourth-order valence-electron chi connectivity index (χ4n) is 4.26. The summed E-state index contributed by atoms with van der Waals surface area (Å²) in [5.41, 5.74) is 3.59. The summed E-state index contributed by atoms with van der Waals surface area (Å²) >= 11 is 0. The van der Waals surface area contributed by atoms with Crippen LogP contribution >= 0.6 is 0 Å². The van der Waals surface area contributed by atoms with E-state index in [4.69, 9.17) is 4.98 Å². The van der Waals surface area contributed by atoms with Crippen LogP contribution < -0.4 is 4.90 Å². The molecular weight excluding hydrogens is 346 g/mol. The summed E-state index contributed by atoms with van der Waals surface area (Å²) in [6.07, 6.45) is 12.0. The summed E-state index contributed by atoms with van der Waals surface area (Å²) in [6, 6.07) is 14.7. The number of anilines is 1. The number of para-hydroxylation sites is 1. The van der Waals surface area contributed by atoms with E-state index in [1.165, 1.54) is 35.3 Å². The highest BCUT2D eigenvalue weighted by atomic mass is 15.2. The minimum Gasteiger partial charge on any atom is -0.370 e. The molecule has 0 aliphatic carbocycles. The van der Waals surface area contributed by atoms with Crippen molar-refractivity contribution >= 4 is 16.6 Å². The van der Waals surface area contributed by atoms with Crippen LogP contribution in [0.25, 0.3) is 10.9 Å². The molecule has 1 aliphatic heterocycles. The predicted molar refractivity (Wildman–Crippen MR) is 111 cm³/mol. The van der Waals surface area contributed by atoms with E-state index in [0.717, 1.165) is 25.2 Å². The van der Waals surface area contributed by atoms with Gasteiger partial charge >= 0.3 is 0 Å². The second-order valence-electron chi connectivity index (χ2n) is 7.40. The summed E-state index contributed by atoms with van der Waals surface area (Å²) in [7, 11) is 0. The zero-order valence-electron chi connectivity index (χ0n) is 15.8. The number of hydrogen-bond acceptors (Lipinski definition) is 4. The van der Waals surface area contributed by atoms with E-state index in [1.807, 2.05) is 30.9 Å².